The number of allylic oxidation sites excluding steroid dienone is 1. The van der Waals surface area contributed by atoms with Crippen molar-refractivity contribution in [1.82, 2.24) is 4.98 Å². The number of aliphatic carboxylic acids is 1. The third kappa shape index (κ3) is 4.82. The summed E-state index contributed by atoms with van der Waals surface area (Å²) >= 11 is 0. The number of hydrogen-bond acceptors (Lipinski definition) is 3. The van der Waals surface area contributed by atoms with Gasteiger partial charge in [0.05, 0.1) is 5.69 Å². The van der Waals surface area contributed by atoms with E-state index in [-0.39, 0.29) is 5.41 Å². The van der Waals surface area contributed by atoms with E-state index in [1.807, 2.05) is 25.3 Å². The SMILES string of the molecule is CC/C(=C\C(=O)O)c1ccc(-c2ccc(OCc3ccccc3)c(C34CC5CC(CC(C5)C3)C4)c2)cn1. The molecule has 2 aromatic carbocycles. The summed E-state index contributed by atoms with van der Waals surface area (Å²) in [7, 11) is 0. The molecule has 1 N–H and O–H groups in total. The molecule has 0 radical (unpaired) electrons. The highest BCUT2D eigenvalue weighted by Crippen LogP contribution is 2.62. The van der Waals surface area contributed by atoms with Gasteiger partial charge in [-0.05, 0) is 103 Å². The van der Waals surface area contributed by atoms with Gasteiger partial charge in [0, 0.05) is 23.4 Å². The Balaban J connectivity index is 1.35. The largest absolute Gasteiger partial charge is 0.489 e. The molecular formula is C33H35NO3. The first-order chi connectivity index (χ1) is 18.0. The molecule has 4 aliphatic carbocycles. The van der Waals surface area contributed by atoms with E-state index in [0.717, 1.165) is 45.9 Å². The first-order valence-corrected chi connectivity index (χ1v) is 13.7. The summed E-state index contributed by atoms with van der Waals surface area (Å²) in [6.07, 6.45) is 11.8. The van der Waals surface area contributed by atoms with E-state index in [0.29, 0.717) is 13.0 Å². The van der Waals surface area contributed by atoms with Crippen LogP contribution in [0, 0.1) is 17.8 Å². The molecule has 0 amide bonds. The molecule has 1 aromatic heterocycles. The average Bonchev–Trinajstić information content (AvgIpc) is 2.90. The average molecular weight is 494 g/mol. The molecule has 190 valence electrons. The van der Waals surface area contributed by atoms with Gasteiger partial charge < -0.3 is 9.84 Å². The van der Waals surface area contributed by atoms with Crippen LogP contribution in [0.2, 0.25) is 0 Å². The molecule has 4 saturated carbocycles. The Morgan fingerprint density at radius 3 is 2.24 bits per heavy atom. The molecule has 3 aromatic rings. The summed E-state index contributed by atoms with van der Waals surface area (Å²) in [6, 6.07) is 21.1. The maximum absolute atomic E-state index is 11.2. The van der Waals surface area contributed by atoms with Gasteiger partial charge in [0.15, 0.2) is 0 Å². The van der Waals surface area contributed by atoms with E-state index in [2.05, 4.69) is 53.5 Å². The monoisotopic (exact) mass is 493 g/mol. The molecule has 0 atom stereocenters. The lowest BCUT2D eigenvalue weighted by atomic mass is 9.48. The predicted octanol–water partition coefficient (Wildman–Crippen LogP) is 7.67. The van der Waals surface area contributed by atoms with Gasteiger partial charge in [-0.15, -0.1) is 0 Å². The van der Waals surface area contributed by atoms with Gasteiger partial charge in [-0.25, -0.2) is 4.79 Å². The fraction of sp³-hybridized carbons (Fsp3) is 0.394. The number of hydrogen-bond donors (Lipinski definition) is 1. The van der Waals surface area contributed by atoms with E-state index in [4.69, 9.17) is 4.74 Å². The van der Waals surface area contributed by atoms with E-state index < -0.39 is 5.97 Å². The zero-order valence-corrected chi connectivity index (χ0v) is 21.5. The summed E-state index contributed by atoms with van der Waals surface area (Å²) in [5.41, 5.74) is 6.43. The number of benzene rings is 2. The number of pyridine rings is 1. The quantitative estimate of drug-likeness (QED) is 0.327. The Kier molecular flexibility index (Phi) is 6.36. The highest BCUT2D eigenvalue weighted by molar-refractivity contribution is 5.89. The molecule has 0 unspecified atom stereocenters. The minimum atomic E-state index is -0.936. The lowest BCUT2D eigenvalue weighted by Gasteiger charge is -2.57. The number of aromatic nitrogens is 1. The highest BCUT2D eigenvalue weighted by Gasteiger charge is 2.52. The predicted molar refractivity (Wildman–Crippen MR) is 146 cm³/mol. The van der Waals surface area contributed by atoms with Gasteiger partial charge in [-0.2, -0.15) is 0 Å². The van der Waals surface area contributed by atoms with Crippen molar-refractivity contribution in [2.24, 2.45) is 17.8 Å². The molecule has 0 saturated heterocycles. The Labute approximate surface area is 219 Å². The van der Waals surface area contributed by atoms with Crippen LogP contribution in [0.3, 0.4) is 0 Å². The molecule has 0 spiro atoms. The molecule has 37 heavy (non-hydrogen) atoms. The lowest BCUT2D eigenvalue weighted by molar-refractivity contribution is -0.131. The van der Waals surface area contributed by atoms with E-state index in [9.17, 15) is 9.90 Å². The Morgan fingerprint density at radius 2 is 1.65 bits per heavy atom. The number of carboxylic acid groups (broad SMARTS) is 1. The van der Waals surface area contributed by atoms with Gasteiger partial charge in [0.2, 0.25) is 0 Å². The van der Waals surface area contributed by atoms with Gasteiger partial charge >= 0.3 is 5.97 Å². The van der Waals surface area contributed by atoms with Crippen LogP contribution >= 0.6 is 0 Å². The van der Waals surface area contributed by atoms with Crippen molar-refractivity contribution in [3.05, 3.63) is 89.8 Å². The first-order valence-electron chi connectivity index (χ1n) is 13.7. The van der Waals surface area contributed by atoms with Crippen LogP contribution in [-0.4, -0.2) is 16.1 Å². The highest BCUT2D eigenvalue weighted by atomic mass is 16.5. The molecule has 4 heteroatoms. The standard InChI is InChI=1S/C33H35NO3/c1-2-26(16-32(35)36)30-10-8-28(20-34-30)27-9-11-31(37-21-22-6-4-3-5-7-22)29(15-27)33-17-23-12-24(18-33)14-25(13-23)19-33/h3-11,15-16,20,23-25H,2,12-14,17-19,21H2,1H3,(H,35,36)/b26-16+. The van der Waals surface area contributed by atoms with Crippen molar-refractivity contribution in [2.45, 2.75) is 63.9 Å². The zero-order chi connectivity index (χ0) is 25.4. The Morgan fingerprint density at radius 1 is 0.973 bits per heavy atom. The summed E-state index contributed by atoms with van der Waals surface area (Å²) in [5.74, 6) is 2.65. The molecule has 0 aliphatic heterocycles. The van der Waals surface area contributed by atoms with Crippen molar-refractivity contribution in [1.29, 1.82) is 0 Å². The number of carbonyl (C=O) groups is 1. The van der Waals surface area contributed by atoms with Crippen LogP contribution in [-0.2, 0) is 16.8 Å². The van der Waals surface area contributed by atoms with Crippen molar-refractivity contribution in [3.8, 4) is 16.9 Å². The van der Waals surface area contributed by atoms with E-state index >= 15 is 0 Å². The maximum atomic E-state index is 11.2. The number of nitrogens with zero attached hydrogens (tertiary/aromatic N) is 1. The first kappa shape index (κ1) is 24.0. The molecule has 4 nitrogen and oxygen atoms in total. The molecule has 4 bridgehead atoms. The maximum Gasteiger partial charge on any atom is 0.328 e. The van der Waals surface area contributed by atoms with Gasteiger partial charge in [0.1, 0.15) is 12.4 Å². The second-order valence-corrected chi connectivity index (χ2v) is 11.5. The fourth-order valence-corrected chi connectivity index (χ4v) is 7.69. The van der Waals surface area contributed by atoms with Gasteiger partial charge in [-0.1, -0.05) is 49.4 Å². The molecule has 4 aliphatic rings. The minimum Gasteiger partial charge on any atom is -0.489 e. The second kappa shape index (κ2) is 9.81. The third-order valence-corrected chi connectivity index (χ3v) is 8.93. The van der Waals surface area contributed by atoms with Crippen LogP contribution < -0.4 is 4.74 Å². The van der Waals surface area contributed by atoms with Crippen LogP contribution in [0.25, 0.3) is 16.7 Å². The summed E-state index contributed by atoms with van der Waals surface area (Å²) in [4.78, 5) is 15.8. The third-order valence-electron chi connectivity index (χ3n) is 8.93. The minimum absolute atomic E-state index is 0.212. The fourth-order valence-electron chi connectivity index (χ4n) is 7.69. The van der Waals surface area contributed by atoms with Crippen LogP contribution in [0.1, 0.15) is 68.7 Å². The number of ether oxygens (including phenoxy) is 1. The molecule has 1 heterocycles. The molecule has 7 rings (SSSR count). The summed E-state index contributed by atoms with van der Waals surface area (Å²) in [5, 5.41) is 9.18. The van der Waals surface area contributed by atoms with Crippen molar-refractivity contribution < 1.29 is 14.6 Å². The van der Waals surface area contributed by atoms with Crippen LogP contribution in [0.5, 0.6) is 5.75 Å². The number of rotatable bonds is 8. The van der Waals surface area contributed by atoms with Crippen LogP contribution in [0.15, 0.2) is 72.9 Å². The lowest BCUT2D eigenvalue weighted by Crippen LogP contribution is -2.48. The topological polar surface area (TPSA) is 59.4 Å². The Hall–Kier alpha value is -3.40. The normalized spacial score (nSPS) is 26.3. The Bertz CT molecular complexity index is 1270. The molecular weight excluding hydrogens is 458 g/mol. The smallest absolute Gasteiger partial charge is 0.328 e. The molecule has 4 fully saturated rings. The van der Waals surface area contributed by atoms with Crippen molar-refractivity contribution in [3.63, 3.8) is 0 Å². The zero-order valence-electron chi connectivity index (χ0n) is 21.5. The van der Waals surface area contributed by atoms with Crippen molar-refractivity contribution >= 4 is 11.5 Å². The van der Waals surface area contributed by atoms with Gasteiger partial charge in [-0.3, -0.25) is 4.98 Å². The van der Waals surface area contributed by atoms with E-state index in [1.165, 1.54) is 55.7 Å². The summed E-state index contributed by atoms with van der Waals surface area (Å²) in [6.45, 7) is 2.53. The number of carboxylic acids is 1. The second-order valence-electron chi connectivity index (χ2n) is 11.5. The van der Waals surface area contributed by atoms with Gasteiger partial charge in [0.25, 0.3) is 0 Å². The van der Waals surface area contributed by atoms with Crippen LogP contribution in [0.4, 0.5) is 0 Å². The van der Waals surface area contributed by atoms with E-state index in [1.54, 1.807) is 0 Å². The summed E-state index contributed by atoms with van der Waals surface area (Å²) < 4.78 is 6.53. The van der Waals surface area contributed by atoms with Crippen molar-refractivity contribution in [2.75, 3.05) is 0 Å².